The number of nitrogens with zero attached hydrogens (tertiary/aromatic N) is 3. The summed E-state index contributed by atoms with van der Waals surface area (Å²) in [5, 5.41) is 14.6. The van der Waals surface area contributed by atoms with Crippen LogP contribution in [0.25, 0.3) is 5.65 Å². The summed E-state index contributed by atoms with van der Waals surface area (Å²) in [5.74, 6) is -0.252. The number of hydrogen-bond donors (Lipinski definition) is 1. The third kappa shape index (κ3) is 3.14. The highest BCUT2D eigenvalue weighted by atomic mass is 19.1. The van der Waals surface area contributed by atoms with Crippen molar-refractivity contribution >= 4 is 17.2 Å². The summed E-state index contributed by atoms with van der Waals surface area (Å²) >= 11 is 0. The molecule has 1 saturated carbocycles. The van der Waals surface area contributed by atoms with Gasteiger partial charge in [0.2, 0.25) is 5.82 Å². The number of nitrogens with one attached hydrogen (secondary N) is 1. The third-order valence-electron chi connectivity index (χ3n) is 5.03. The largest absolute Gasteiger partial charge is 0.376 e. The molecule has 0 saturated heterocycles. The third-order valence-corrected chi connectivity index (χ3v) is 5.03. The molecule has 0 aliphatic heterocycles. The number of pyridine rings is 1. The van der Waals surface area contributed by atoms with Gasteiger partial charge in [-0.2, -0.15) is 0 Å². The molecule has 7 nitrogen and oxygen atoms in total. The zero-order valence-electron chi connectivity index (χ0n) is 14.3. The first-order valence-electron chi connectivity index (χ1n) is 8.72. The first kappa shape index (κ1) is 17.1. The van der Waals surface area contributed by atoms with Crippen LogP contribution >= 0.6 is 0 Å². The number of anilines is 1. The standard InChI is InChI=1S/C19H17FN4O3/c20-13-9-7-12(8-10-13)14-4-3-5-15(14)21-18-17(24(26)27)19(25)23-11-2-1-6-16(23)22-18/h1-2,6-11,14-15,21H,3-5H2. The molecular weight excluding hydrogens is 351 g/mol. The van der Waals surface area contributed by atoms with E-state index in [0.29, 0.717) is 5.65 Å². The smallest absolute Gasteiger partial charge is 0.361 e. The molecule has 1 aromatic carbocycles. The van der Waals surface area contributed by atoms with E-state index in [2.05, 4.69) is 10.3 Å². The summed E-state index contributed by atoms with van der Waals surface area (Å²) in [6.45, 7) is 0. The Morgan fingerprint density at radius 3 is 2.70 bits per heavy atom. The minimum atomic E-state index is -0.718. The van der Waals surface area contributed by atoms with Gasteiger partial charge in [-0.05, 0) is 42.7 Å². The van der Waals surface area contributed by atoms with Gasteiger partial charge in [0.1, 0.15) is 11.5 Å². The number of rotatable bonds is 4. The van der Waals surface area contributed by atoms with Crippen molar-refractivity contribution < 1.29 is 9.31 Å². The molecular formula is C19H17FN4O3. The zero-order chi connectivity index (χ0) is 19.0. The van der Waals surface area contributed by atoms with Gasteiger partial charge < -0.3 is 5.32 Å². The molecule has 1 aliphatic carbocycles. The summed E-state index contributed by atoms with van der Waals surface area (Å²) in [6.07, 6.45) is 4.05. The van der Waals surface area contributed by atoms with E-state index in [1.807, 2.05) is 0 Å². The monoisotopic (exact) mass is 368 g/mol. The van der Waals surface area contributed by atoms with Crippen LogP contribution < -0.4 is 10.9 Å². The molecule has 27 heavy (non-hydrogen) atoms. The second-order valence-corrected chi connectivity index (χ2v) is 6.64. The second-order valence-electron chi connectivity index (χ2n) is 6.64. The maximum atomic E-state index is 13.2. The molecule has 1 N–H and O–H groups in total. The Balaban J connectivity index is 1.74. The Bertz CT molecular complexity index is 1060. The summed E-state index contributed by atoms with van der Waals surface area (Å²) in [6, 6.07) is 11.1. The maximum Gasteiger partial charge on any atom is 0.376 e. The zero-order valence-corrected chi connectivity index (χ0v) is 14.3. The van der Waals surface area contributed by atoms with E-state index < -0.39 is 16.2 Å². The van der Waals surface area contributed by atoms with Gasteiger partial charge in [0, 0.05) is 18.2 Å². The lowest BCUT2D eigenvalue weighted by molar-refractivity contribution is -0.385. The fourth-order valence-electron chi connectivity index (χ4n) is 3.76. The molecule has 0 bridgehead atoms. The number of hydrogen-bond acceptors (Lipinski definition) is 5. The van der Waals surface area contributed by atoms with E-state index >= 15 is 0 Å². The highest BCUT2D eigenvalue weighted by Crippen LogP contribution is 2.37. The lowest BCUT2D eigenvalue weighted by atomic mass is 9.94. The Hall–Kier alpha value is -3.29. The van der Waals surface area contributed by atoms with Crippen molar-refractivity contribution in [2.45, 2.75) is 31.2 Å². The van der Waals surface area contributed by atoms with E-state index in [4.69, 9.17) is 0 Å². The molecule has 0 amide bonds. The molecule has 2 heterocycles. The molecule has 2 unspecified atom stereocenters. The maximum absolute atomic E-state index is 13.2. The lowest BCUT2D eigenvalue weighted by Gasteiger charge is -2.22. The fraction of sp³-hybridized carbons (Fsp3) is 0.263. The summed E-state index contributed by atoms with van der Waals surface area (Å²) < 4.78 is 14.4. The molecule has 0 spiro atoms. The quantitative estimate of drug-likeness (QED) is 0.562. The van der Waals surface area contributed by atoms with E-state index in [0.717, 1.165) is 29.2 Å². The highest BCUT2D eigenvalue weighted by Gasteiger charge is 2.32. The first-order valence-corrected chi connectivity index (χ1v) is 8.72. The van der Waals surface area contributed by atoms with E-state index in [1.165, 1.54) is 18.3 Å². The number of halogens is 1. The minimum Gasteiger partial charge on any atom is -0.361 e. The topological polar surface area (TPSA) is 89.5 Å². The van der Waals surface area contributed by atoms with Crippen LogP contribution in [0.2, 0.25) is 0 Å². The number of aromatic nitrogens is 2. The lowest BCUT2D eigenvalue weighted by Crippen LogP contribution is -2.27. The van der Waals surface area contributed by atoms with Crippen LogP contribution in [0.4, 0.5) is 15.9 Å². The van der Waals surface area contributed by atoms with Gasteiger partial charge in [-0.1, -0.05) is 24.6 Å². The molecule has 138 valence electrons. The number of nitro groups is 1. The van der Waals surface area contributed by atoms with Gasteiger partial charge in [0.15, 0.2) is 0 Å². The van der Waals surface area contributed by atoms with Gasteiger partial charge in [-0.25, -0.2) is 9.37 Å². The van der Waals surface area contributed by atoms with Crippen LogP contribution in [0.3, 0.4) is 0 Å². The molecule has 2 atom stereocenters. The van der Waals surface area contributed by atoms with E-state index in [9.17, 15) is 19.3 Å². The van der Waals surface area contributed by atoms with Crippen LogP contribution in [-0.4, -0.2) is 20.3 Å². The molecule has 8 heteroatoms. The van der Waals surface area contributed by atoms with Crippen molar-refractivity contribution in [3.05, 3.63) is 80.5 Å². The Morgan fingerprint density at radius 2 is 1.96 bits per heavy atom. The van der Waals surface area contributed by atoms with Crippen LogP contribution in [0.1, 0.15) is 30.7 Å². The van der Waals surface area contributed by atoms with Crippen molar-refractivity contribution in [1.82, 2.24) is 9.38 Å². The molecule has 1 aliphatic rings. The Kier molecular flexibility index (Phi) is 4.31. The average molecular weight is 368 g/mol. The predicted molar refractivity (Wildman–Crippen MR) is 98.5 cm³/mol. The van der Waals surface area contributed by atoms with Crippen LogP contribution in [0.15, 0.2) is 53.5 Å². The number of benzene rings is 1. The second kappa shape index (κ2) is 6.79. The Labute approximate surface area is 153 Å². The van der Waals surface area contributed by atoms with Gasteiger partial charge in [-0.15, -0.1) is 0 Å². The number of fused-ring (bicyclic) bond motifs is 1. The highest BCUT2D eigenvalue weighted by molar-refractivity contribution is 5.60. The normalized spacial score (nSPS) is 19.3. The predicted octanol–water partition coefficient (Wildman–Crippen LogP) is 3.49. The van der Waals surface area contributed by atoms with Crippen molar-refractivity contribution in [2.24, 2.45) is 0 Å². The van der Waals surface area contributed by atoms with Gasteiger partial charge >= 0.3 is 11.2 Å². The Morgan fingerprint density at radius 1 is 1.19 bits per heavy atom. The van der Waals surface area contributed by atoms with Gasteiger partial charge in [0.25, 0.3) is 0 Å². The SMILES string of the molecule is O=c1c([N+](=O)[O-])c(NC2CCCC2c2ccc(F)cc2)nc2ccccn12. The van der Waals surface area contributed by atoms with Crippen LogP contribution in [0.5, 0.6) is 0 Å². The summed E-state index contributed by atoms with van der Waals surface area (Å²) in [5.41, 5.74) is 0.0198. The molecule has 4 rings (SSSR count). The molecule has 2 aromatic heterocycles. The first-order chi connectivity index (χ1) is 13.0. The van der Waals surface area contributed by atoms with Crippen LogP contribution in [-0.2, 0) is 0 Å². The van der Waals surface area contributed by atoms with E-state index in [-0.39, 0.29) is 23.6 Å². The van der Waals surface area contributed by atoms with Crippen molar-refractivity contribution in [1.29, 1.82) is 0 Å². The summed E-state index contributed by atoms with van der Waals surface area (Å²) in [7, 11) is 0. The van der Waals surface area contributed by atoms with Crippen molar-refractivity contribution in [2.75, 3.05) is 5.32 Å². The van der Waals surface area contributed by atoms with Gasteiger partial charge in [-0.3, -0.25) is 19.3 Å². The van der Waals surface area contributed by atoms with E-state index in [1.54, 1.807) is 30.3 Å². The molecule has 1 fully saturated rings. The van der Waals surface area contributed by atoms with Gasteiger partial charge in [0.05, 0.1) is 4.92 Å². The minimum absolute atomic E-state index is 0.0183. The molecule has 0 radical (unpaired) electrons. The molecule has 3 aromatic rings. The van der Waals surface area contributed by atoms with Crippen LogP contribution in [0, 0.1) is 15.9 Å². The fourth-order valence-corrected chi connectivity index (χ4v) is 3.76. The van der Waals surface area contributed by atoms with Crippen molar-refractivity contribution in [3.63, 3.8) is 0 Å². The summed E-state index contributed by atoms with van der Waals surface area (Å²) in [4.78, 5) is 27.7. The average Bonchev–Trinajstić information content (AvgIpc) is 3.10. The van der Waals surface area contributed by atoms with Crippen molar-refractivity contribution in [3.8, 4) is 0 Å².